The molecule has 2 rings (SSSR count). The molecule has 4 nitrogen and oxygen atoms in total. The van der Waals surface area contributed by atoms with Gasteiger partial charge >= 0.3 is 5.97 Å². The second-order valence-corrected chi connectivity index (χ2v) is 4.33. The van der Waals surface area contributed by atoms with Gasteiger partial charge in [-0.05, 0) is 36.4 Å². The number of methoxy groups -OCH3 is 1. The van der Waals surface area contributed by atoms with E-state index in [-0.39, 0.29) is 0 Å². The Morgan fingerprint density at radius 2 is 1.89 bits per heavy atom. The molecule has 0 bridgehead atoms. The van der Waals surface area contributed by atoms with Gasteiger partial charge in [0.1, 0.15) is 0 Å². The standard InChI is InChI=1S/C14H13ClN2O2/c1-19-14(18)11-3-2-4-12(16)13(11)17-10-7-5-9(15)6-8-10/h2-8,17H,16H2,1H3. The van der Waals surface area contributed by atoms with E-state index < -0.39 is 5.97 Å². The number of benzene rings is 2. The van der Waals surface area contributed by atoms with Crippen molar-refractivity contribution < 1.29 is 9.53 Å². The molecule has 0 radical (unpaired) electrons. The van der Waals surface area contributed by atoms with Crippen LogP contribution < -0.4 is 11.1 Å². The van der Waals surface area contributed by atoms with Crippen LogP contribution >= 0.6 is 11.6 Å². The highest BCUT2D eigenvalue weighted by Gasteiger charge is 2.14. The fourth-order valence-corrected chi connectivity index (χ4v) is 1.79. The van der Waals surface area contributed by atoms with Crippen molar-refractivity contribution in [2.75, 3.05) is 18.2 Å². The van der Waals surface area contributed by atoms with E-state index in [9.17, 15) is 4.79 Å². The number of nitrogens with two attached hydrogens (primary N) is 1. The number of anilines is 3. The largest absolute Gasteiger partial charge is 0.465 e. The molecular formula is C14H13ClN2O2. The van der Waals surface area contributed by atoms with Crippen LogP contribution in [0.4, 0.5) is 17.1 Å². The van der Waals surface area contributed by atoms with Crippen LogP contribution in [0.3, 0.4) is 0 Å². The number of nitrogens with one attached hydrogen (secondary N) is 1. The smallest absolute Gasteiger partial charge is 0.340 e. The first-order chi connectivity index (χ1) is 9.11. The lowest BCUT2D eigenvalue weighted by molar-refractivity contribution is 0.0602. The van der Waals surface area contributed by atoms with Crippen LogP contribution in [0.25, 0.3) is 0 Å². The van der Waals surface area contributed by atoms with E-state index in [1.54, 1.807) is 42.5 Å². The number of para-hydroxylation sites is 1. The van der Waals surface area contributed by atoms with Gasteiger partial charge in [-0.1, -0.05) is 17.7 Å². The molecule has 0 aliphatic carbocycles. The van der Waals surface area contributed by atoms with Crippen molar-refractivity contribution >= 4 is 34.6 Å². The van der Waals surface area contributed by atoms with Gasteiger partial charge in [-0.15, -0.1) is 0 Å². The van der Waals surface area contributed by atoms with Gasteiger partial charge in [0.2, 0.25) is 0 Å². The molecule has 0 spiro atoms. The lowest BCUT2D eigenvalue weighted by Gasteiger charge is -2.13. The summed E-state index contributed by atoms with van der Waals surface area (Å²) in [5.74, 6) is -0.441. The van der Waals surface area contributed by atoms with Gasteiger partial charge < -0.3 is 15.8 Å². The minimum absolute atomic E-state index is 0.387. The molecular weight excluding hydrogens is 264 g/mol. The zero-order valence-corrected chi connectivity index (χ0v) is 11.1. The van der Waals surface area contributed by atoms with Gasteiger partial charge in [0.05, 0.1) is 24.0 Å². The lowest BCUT2D eigenvalue weighted by Crippen LogP contribution is -2.07. The summed E-state index contributed by atoms with van der Waals surface area (Å²) in [7, 11) is 1.33. The van der Waals surface area contributed by atoms with Crippen molar-refractivity contribution in [2.24, 2.45) is 0 Å². The zero-order chi connectivity index (χ0) is 13.8. The third-order valence-electron chi connectivity index (χ3n) is 2.62. The van der Waals surface area contributed by atoms with E-state index in [4.69, 9.17) is 22.1 Å². The summed E-state index contributed by atoms with van der Waals surface area (Å²) in [6, 6.07) is 12.2. The molecule has 2 aromatic carbocycles. The van der Waals surface area contributed by atoms with Gasteiger partial charge in [0.25, 0.3) is 0 Å². The van der Waals surface area contributed by atoms with Crippen LogP contribution in [0.15, 0.2) is 42.5 Å². The first kappa shape index (κ1) is 13.2. The molecule has 0 fully saturated rings. The number of hydrogen-bond donors (Lipinski definition) is 2. The zero-order valence-electron chi connectivity index (χ0n) is 10.3. The fraction of sp³-hybridized carbons (Fsp3) is 0.0714. The quantitative estimate of drug-likeness (QED) is 0.666. The molecule has 0 aliphatic heterocycles. The van der Waals surface area contributed by atoms with Gasteiger partial charge in [-0.25, -0.2) is 4.79 Å². The third kappa shape index (κ3) is 2.98. The summed E-state index contributed by atoms with van der Waals surface area (Å²) >= 11 is 5.82. The van der Waals surface area contributed by atoms with Gasteiger partial charge in [-0.2, -0.15) is 0 Å². The van der Waals surface area contributed by atoms with Crippen LogP contribution in [0.5, 0.6) is 0 Å². The van der Waals surface area contributed by atoms with E-state index in [0.717, 1.165) is 5.69 Å². The van der Waals surface area contributed by atoms with Crippen LogP contribution in [-0.2, 0) is 4.74 Å². The van der Waals surface area contributed by atoms with Crippen molar-refractivity contribution in [1.82, 2.24) is 0 Å². The molecule has 0 saturated heterocycles. The number of carbonyl (C=O) groups is 1. The van der Waals surface area contributed by atoms with E-state index in [1.165, 1.54) is 7.11 Å². The van der Waals surface area contributed by atoms with Crippen LogP contribution in [0.1, 0.15) is 10.4 Å². The summed E-state index contributed by atoms with van der Waals surface area (Å²) in [6.45, 7) is 0. The average Bonchev–Trinajstić information content (AvgIpc) is 2.42. The maximum atomic E-state index is 11.7. The number of hydrogen-bond acceptors (Lipinski definition) is 4. The highest BCUT2D eigenvalue weighted by atomic mass is 35.5. The SMILES string of the molecule is COC(=O)c1cccc(N)c1Nc1ccc(Cl)cc1. The summed E-state index contributed by atoms with van der Waals surface area (Å²) in [5.41, 5.74) is 8.06. The van der Waals surface area contributed by atoms with Crippen LogP contribution in [0.2, 0.25) is 5.02 Å². The summed E-state index contributed by atoms with van der Waals surface area (Å²) in [4.78, 5) is 11.7. The number of carbonyl (C=O) groups excluding carboxylic acids is 1. The Balaban J connectivity index is 2.38. The molecule has 19 heavy (non-hydrogen) atoms. The second-order valence-electron chi connectivity index (χ2n) is 3.89. The predicted octanol–water partition coefficient (Wildman–Crippen LogP) is 3.45. The Morgan fingerprint density at radius 1 is 1.21 bits per heavy atom. The maximum Gasteiger partial charge on any atom is 0.340 e. The van der Waals surface area contributed by atoms with Crippen molar-refractivity contribution in [1.29, 1.82) is 0 Å². The normalized spacial score (nSPS) is 10.0. The molecule has 98 valence electrons. The van der Waals surface area contributed by atoms with Crippen molar-refractivity contribution in [3.8, 4) is 0 Å². The summed E-state index contributed by atoms with van der Waals surface area (Å²) in [5, 5.41) is 3.74. The Morgan fingerprint density at radius 3 is 2.53 bits per heavy atom. The molecule has 0 heterocycles. The third-order valence-corrected chi connectivity index (χ3v) is 2.87. The van der Waals surface area contributed by atoms with E-state index in [1.807, 2.05) is 0 Å². The molecule has 5 heteroatoms. The minimum Gasteiger partial charge on any atom is -0.465 e. The molecule has 0 aromatic heterocycles. The van der Waals surface area contributed by atoms with E-state index >= 15 is 0 Å². The predicted molar refractivity (Wildman–Crippen MR) is 76.9 cm³/mol. The number of nitrogen functional groups attached to an aromatic ring is 1. The first-order valence-electron chi connectivity index (χ1n) is 5.61. The average molecular weight is 277 g/mol. The highest BCUT2D eigenvalue weighted by Crippen LogP contribution is 2.28. The van der Waals surface area contributed by atoms with Crippen molar-refractivity contribution in [3.63, 3.8) is 0 Å². The minimum atomic E-state index is -0.441. The Labute approximate surface area is 116 Å². The lowest BCUT2D eigenvalue weighted by atomic mass is 10.1. The van der Waals surface area contributed by atoms with Gasteiger partial charge in [-0.3, -0.25) is 0 Å². The highest BCUT2D eigenvalue weighted by molar-refractivity contribution is 6.30. The molecule has 0 atom stereocenters. The fourth-order valence-electron chi connectivity index (χ4n) is 1.67. The number of rotatable bonds is 3. The van der Waals surface area contributed by atoms with Crippen molar-refractivity contribution in [3.05, 3.63) is 53.1 Å². The number of ether oxygens (including phenoxy) is 1. The molecule has 0 saturated carbocycles. The van der Waals surface area contributed by atoms with Crippen LogP contribution in [-0.4, -0.2) is 13.1 Å². The Kier molecular flexibility index (Phi) is 3.92. The summed E-state index contributed by atoms with van der Waals surface area (Å²) < 4.78 is 4.73. The van der Waals surface area contributed by atoms with Crippen molar-refractivity contribution in [2.45, 2.75) is 0 Å². The second kappa shape index (κ2) is 5.63. The molecule has 2 aromatic rings. The molecule has 0 amide bonds. The van der Waals surface area contributed by atoms with E-state index in [0.29, 0.717) is 22.0 Å². The van der Waals surface area contributed by atoms with Crippen LogP contribution in [0, 0.1) is 0 Å². The molecule has 3 N–H and O–H groups in total. The first-order valence-corrected chi connectivity index (χ1v) is 5.99. The van der Waals surface area contributed by atoms with Gasteiger partial charge in [0.15, 0.2) is 0 Å². The monoisotopic (exact) mass is 276 g/mol. The van der Waals surface area contributed by atoms with Gasteiger partial charge in [0, 0.05) is 10.7 Å². The Hall–Kier alpha value is -2.20. The number of halogens is 1. The molecule has 0 aliphatic rings. The molecule has 0 unspecified atom stereocenters. The number of esters is 1. The van der Waals surface area contributed by atoms with E-state index in [2.05, 4.69) is 5.32 Å². The summed E-state index contributed by atoms with van der Waals surface area (Å²) in [6.07, 6.45) is 0. The topological polar surface area (TPSA) is 64.3 Å². The maximum absolute atomic E-state index is 11.7. The Bertz CT molecular complexity index is 597.